The average Bonchev–Trinajstić information content (AvgIpc) is 3.28. The molecule has 1 fully saturated rings. The van der Waals surface area contributed by atoms with Gasteiger partial charge in [-0.3, -0.25) is 14.4 Å². The number of benzene rings is 2. The van der Waals surface area contributed by atoms with Gasteiger partial charge in [-0.05, 0) is 50.1 Å². The van der Waals surface area contributed by atoms with Crippen LogP contribution in [0.1, 0.15) is 28.8 Å². The van der Waals surface area contributed by atoms with Gasteiger partial charge in [-0.25, -0.2) is 8.42 Å². The first kappa shape index (κ1) is 22.0. The van der Waals surface area contributed by atoms with E-state index < -0.39 is 34.4 Å². The number of amides is 1. The molecule has 0 bridgehead atoms. The summed E-state index contributed by atoms with van der Waals surface area (Å²) in [6.07, 6.45) is 0.837. The lowest BCUT2D eigenvalue weighted by Crippen LogP contribution is -2.41. The van der Waals surface area contributed by atoms with Crippen molar-refractivity contribution in [2.24, 2.45) is 0 Å². The number of carbonyl (C=O) groups is 3. The quantitative estimate of drug-likeness (QED) is 0.519. The van der Waals surface area contributed by atoms with E-state index in [1.54, 1.807) is 18.2 Å². The molecule has 2 aromatic rings. The third-order valence-electron chi connectivity index (χ3n) is 5.38. The maximum Gasteiger partial charge on any atom is 0.324 e. The Morgan fingerprint density at radius 1 is 1.19 bits per heavy atom. The fraction of sp³-hybridized carbons (Fsp3) is 0.318. The number of nitrogens with one attached hydrogen (secondary N) is 1. The SMILES string of the molecule is Cc1ccc(S(=O)(=O)N2CCC[C@@H]2C(=O)OCC(=O)c2ccc3c(c2)NC(=O)CO3)cc1. The van der Waals surface area contributed by atoms with Crippen LogP contribution in [0.2, 0.25) is 0 Å². The molecular formula is C22H22N2O7S. The number of rotatable bonds is 6. The Morgan fingerprint density at radius 3 is 2.69 bits per heavy atom. The summed E-state index contributed by atoms with van der Waals surface area (Å²) in [7, 11) is -3.86. The standard InChI is InChI=1S/C22H22N2O7S/c1-14-4-7-16(8-5-14)32(28,29)24-10-2-3-18(24)22(27)31-12-19(25)15-6-9-20-17(11-15)23-21(26)13-30-20/h4-9,11,18H,2-3,10,12-13H2,1H3,(H,23,26)/t18-/m1/s1. The molecule has 9 nitrogen and oxygen atoms in total. The van der Waals surface area contributed by atoms with Crippen molar-refractivity contribution in [1.82, 2.24) is 4.31 Å². The molecule has 10 heteroatoms. The zero-order valence-electron chi connectivity index (χ0n) is 17.4. The van der Waals surface area contributed by atoms with Gasteiger partial charge in [-0.2, -0.15) is 4.31 Å². The molecule has 1 N–H and O–H groups in total. The number of sulfonamides is 1. The summed E-state index contributed by atoms with van der Waals surface area (Å²) < 4.78 is 37.5. The van der Waals surface area contributed by atoms with Crippen LogP contribution in [0.5, 0.6) is 5.75 Å². The Morgan fingerprint density at radius 2 is 1.94 bits per heavy atom. The number of anilines is 1. The molecule has 2 aromatic carbocycles. The molecule has 32 heavy (non-hydrogen) atoms. The van der Waals surface area contributed by atoms with E-state index in [0.29, 0.717) is 24.3 Å². The van der Waals surface area contributed by atoms with Gasteiger partial charge < -0.3 is 14.8 Å². The van der Waals surface area contributed by atoms with Gasteiger partial charge in [0.1, 0.15) is 11.8 Å². The highest BCUT2D eigenvalue weighted by atomic mass is 32.2. The van der Waals surface area contributed by atoms with Crippen LogP contribution in [0, 0.1) is 6.92 Å². The number of Topliss-reactive ketones (excluding diaryl/α,β-unsaturated/α-hetero) is 1. The third-order valence-corrected chi connectivity index (χ3v) is 7.31. The van der Waals surface area contributed by atoms with Crippen LogP contribution in [-0.2, 0) is 24.3 Å². The summed E-state index contributed by atoms with van der Waals surface area (Å²) in [4.78, 5) is 36.7. The molecule has 2 heterocycles. The second kappa shape index (κ2) is 8.71. The van der Waals surface area contributed by atoms with E-state index in [1.807, 2.05) is 6.92 Å². The Balaban J connectivity index is 1.42. The van der Waals surface area contributed by atoms with Crippen LogP contribution < -0.4 is 10.1 Å². The number of esters is 1. The summed E-state index contributed by atoms with van der Waals surface area (Å²) in [5.74, 6) is -1.13. The van der Waals surface area contributed by atoms with Crippen molar-refractivity contribution in [3.63, 3.8) is 0 Å². The van der Waals surface area contributed by atoms with Crippen LogP contribution in [-0.4, -0.2) is 56.2 Å². The molecule has 0 aromatic heterocycles. The summed E-state index contributed by atoms with van der Waals surface area (Å²) in [5.41, 5.74) is 1.52. The molecular weight excluding hydrogens is 436 g/mol. The number of ether oxygens (including phenoxy) is 2. The Kier molecular flexibility index (Phi) is 5.98. The highest BCUT2D eigenvalue weighted by Crippen LogP contribution is 2.29. The van der Waals surface area contributed by atoms with E-state index in [1.165, 1.54) is 24.3 Å². The van der Waals surface area contributed by atoms with Crippen molar-refractivity contribution in [1.29, 1.82) is 0 Å². The first-order valence-electron chi connectivity index (χ1n) is 10.1. The van der Waals surface area contributed by atoms with Crippen molar-refractivity contribution < 1.29 is 32.3 Å². The van der Waals surface area contributed by atoms with Gasteiger partial charge in [0.15, 0.2) is 19.0 Å². The molecule has 0 saturated carbocycles. The molecule has 0 unspecified atom stereocenters. The first-order valence-corrected chi connectivity index (χ1v) is 11.5. The topological polar surface area (TPSA) is 119 Å². The lowest BCUT2D eigenvalue weighted by atomic mass is 10.1. The van der Waals surface area contributed by atoms with Crippen LogP contribution >= 0.6 is 0 Å². The highest BCUT2D eigenvalue weighted by molar-refractivity contribution is 7.89. The average molecular weight is 458 g/mol. The molecule has 2 aliphatic rings. The monoisotopic (exact) mass is 458 g/mol. The Bertz CT molecular complexity index is 1180. The minimum atomic E-state index is -3.86. The van der Waals surface area contributed by atoms with Gasteiger partial charge in [0.25, 0.3) is 5.91 Å². The van der Waals surface area contributed by atoms with Gasteiger partial charge in [0, 0.05) is 12.1 Å². The molecule has 2 aliphatic heterocycles. The van der Waals surface area contributed by atoms with E-state index in [2.05, 4.69) is 5.32 Å². The second-order valence-corrected chi connectivity index (χ2v) is 9.56. The number of hydrogen-bond acceptors (Lipinski definition) is 7. The van der Waals surface area contributed by atoms with Gasteiger partial charge in [-0.15, -0.1) is 0 Å². The fourth-order valence-corrected chi connectivity index (χ4v) is 5.33. The molecule has 168 valence electrons. The number of hydrogen-bond donors (Lipinski definition) is 1. The van der Waals surface area contributed by atoms with Crippen molar-refractivity contribution in [3.8, 4) is 5.75 Å². The van der Waals surface area contributed by atoms with Crippen LogP contribution in [0.4, 0.5) is 5.69 Å². The number of ketones is 1. The summed E-state index contributed by atoms with van der Waals surface area (Å²) in [5, 5.41) is 2.61. The normalized spacial score (nSPS) is 18.4. The molecule has 0 radical (unpaired) electrons. The second-order valence-electron chi connectivity index (χ2n) is 7.67. The highest BCUT2D eigenvalue weighted by Gasteiger charge is 2.40. The number of nitrogens with zero attached hydrogens (tertiary/aromatic N) is 1. The third kappa shape index (κ3) is 4.37. The van der Waals surface area contributed by atoms with Crippen molar-refractivity contribution in [3.05, 3.63) is 53.6 Å². The smallest absolute Gasteiger partial charge is 0.324 e. The van der Waals surface area contributed by atoms with E-state index in [0.717, 1.165) is 9.87 Å². The molecule has 1 atom stereocenters. The predicted octanol–water partition coefficient (Wildman–Crippen LogP) is 1.91. The van der Waals surface area contributed by atoms with Crippen molar-refractivity contribution in [2.45, 2.75) is 30.7 Å². The number of carbonyl (C=O) groups excluding carboxylic acids is 3. The Hall–Kier alpha value is -3.24. The summed E-state index contributed by atoms with van der Waals surface area (Å²) in [6, 6.07) is 9.94. The summed E-state index contributed by atoms with van der Waals surface area (Å²) in [6.45, 7) is 1.42. The zero-order chi connectivity index (χ0) is 22.9. The van der Waals surface area contributed by atoms with Gasteiger partial charge >= 0.3 is 5.97 Å². The molecule has 1 saturated heterocycles. The molecule has 0 aliphatic carbocycles. The van der Waals surface area contributed by atoms with Gasteiger partial charge in [0.2, 0.25) is 10.0 Å². The largest absolute Gasteiger partial charge is 0.482 e. The van der Waals surface area contributed by atoms with Crippen LogP contribution in [0.3, 0.4) is 0 Å². The van der Waals surface area contributed by atoms with E-state index in [4.69, 9.17) is 9.47 Å². The zero-order valence-corrected chi connectivity index (χ0v) is 18.2. The first-order chi connectivity index (χ1) is 15.3. The molecule has 1 amide bonds. The van der Waals surface area contributed by atoms with Crippen molar-refractivity contribution in [2.75, 3.05) is 25.1 Å². The summed E-state index contributed by atoms with van der Waals surface area (Å²) >= 11 is 0. The lowest BCUT2D eigenvalue weighted by Gasteiger charge is -2.22. The van der Waals surface area contributed by atoms with E-state index in [9.17, 15) is 22.8 Å². The number of aryl methyl sites for hydroxylation is 1. The minimum Gasteiger partial charge on any atom is -0.482 e. The minimum absolute atomic E-state index is 0.0959. The maximum absolute atomic E-state index is 13.0. The lowest BCUT2D eigenvalue weighted by molar-refractivity contribution is -0.146. The Labute approximate surface area is 185 Å². The van der Waals surface area contributed by atoms with Gasteiger partial charge in [-0.1, -0.05) is 17.7 Å². The van der Waals surface area contributed by atoms with Gasteiger partial charge in [0.05, 0.1) is 10.6 Å². The predicted molar refractivity (Wildman–Crippen MR) is 114 cm³/mol. The van der Waals surface area contributed by atoms with E-state index in [-0.39, 0.29) is 29.5 Å². The fourth-order valence-electron chi connectivity index (χ4n) is 3.68. The van der Waals surface area contributed by atoms with E-state index >= 15 is 0 Å². The molecule has 0 spiro atoms. The van der Waals surface area contributed by atoms with Crippen molar-refractivity contribution >= 4 is 33.4 Å². The van der Waals surface area contributed by atoms with Crippen LogP contribution in [0.15, 0.2) is 47.4 Å². The molecule has 4 rings (SSSR count). The van der Waals surface area contributed by atoms with Crippen LogP contribution in [0.25, 0.3) is 0 Å². The maximum atomic E-state index is 13.0. The number of fused-ring (bicyclic) bond motifs is 1.